The standard InChI is InChI=1S/C25H28F5N/c1-2-3-4-5-17-6-8-18(9-7-17)19-10-11-24(31-16-19)20-14-22(26)21(23(27)15-20)12-13-25(28,29)30/h10-18H,2-9H2,1H3. The van der Waals surface area contributed by atoms with E-state index in [0.717, 1.165) is 36.5 Å². The van der Waals surface area contributed by atoms with Crippen molar-refractivity contribution in [1.29, 1.82) is 0 Å². The number of hydrogen-bond acceptors (Lipinski definition) is 1. The zero-order chi connectivity index (χ0) is 22.4. The molecule has 1 saturated carbocycles. The summed E-state index contributed by atoms with van der Waals surface area (Å²) >= 11 is 0. The van der Waals surface area contributed by atoms with Gasteiger partial charge in [-0.15, -0.1) is 0 Å². The summed E-state index contributed by atoms with van der Waals surface area (Å²) in [6, 6.07) is 5.70. The van der Waals surface area contributed by atoms with E-state index in [1.165, 1.54) is 38.5 Å². The lowest BCUT2D eigenvalue weighted by molar-refractivity contribution is -0.0790. The molecule has 0 N–H and O–H groups in total. The van der Waals surface area contributed by atoms with Gasteiger partial charge in [0, 0.05) is 23.4 Å². The van der Waals surface area contributed by atoms with Crippen LogP contribution in [-0.4, -0.2) is 11.2 Å². The average molecular weight is 437 g/mol. The molecule has 0 saturated heterocycles. The van der Waals surface area contributed by atoms with E-state index in [1.54, 1.807) is 12.3 Å². The molecule has 1 aliphatic rings. The fourth-order valence-electron chi connectivity index (χ4n) is 4.35. The second-order valence-electron chi connectivity index (χ2n) is 8.42. The summed E-state index contributed by atoms with van der Waals surface area (Å²) in [7, 11) is 0. The highest BCUT2D eigenvalue weighted by Crippen LogP contribution is 2.38. The summed E-state index contributed by atoms with van der Waals surface area (Å²) in [6.45, 7) is 2.22. The third kappa shape index (κ3) is 6.62. The van der Waals surface area contributed by atoms with E-state index in [2.05, 4.69) is 11.9 Å². The van der Waals surface area contributed by atoms with Crippen LogP contribution >= 0.6 is 0 Å². The highest BCUT2D eigenvalue weighted by atomic mass is 19.4. The number of halogens is 5. The highest BCUT2D eigenvalue weighted by molar-refractivity contribution is 5.63. The van der Waals surface area contributed by atoms with Crippen LogP contribution in [0.25, 0.3) is 17.3 Å². The van der Waals surface area contributed by atoms with Crippen molar-refractivity contribution in [3.63, 3.8) is 0 Å². The monoisotopic (exact) mass is 437 g/mol. The number of alkyl halides is 3. The van der Waals surface area contributed by atoms with Crippen LogP contribution < -0.4 is 0 Å². The Morgan fingerprint density at radius 1 is 1.00 bits per heavy atom. The smallest absolute Gasteiger partial charge is 0.256 e. The lowest BCUT2D eigenvalue weighted by atomic mass is 9.77. The normalized spacial score (nSPS) is 19.8. The first kappa shape index (κ1) is 23.4. The topological polar surface area (TPSA) is 12.9 Å². The Hall–Kier alpha value is -2.24. The number of aromatic nitrogens is 1. The molecule has 0 unspecified atom stereocenters. The van der Waals surface area contributed by atoms with Crippen molar-refractivity contribution < 1.29 is 22.0 Å². The quantitative estimate of drug-likeness (QED) is 0.313. The minimum atomic E-state index is -4.64. The predicted octanol–water partition coefficient (Wildman–Crippen LogP) is 8.46. The molecule has 168 valence electrons. The first-order chi connectivity index (χ1) is 14.8. The van der Waals surface area contributed by atoms with Crippen molar-refractivity contribution in [2.24, 2.45) is 5.92 Å². The van der Waals surface area contributed by atoms with Gasteiger partial charge in [0.25, 0.3) is 0 Å². The van der Waals surface area contributed by atoms with E-state index < -0.39 is 23.4 Å². The third-order valence-electron chi connectivity index (χ3n) is 6.13. The molecule has 1 aliphatic carbocycles. The molecule has 1 aromatic heterocycles. The molecule has 0 atom stereocenters. The predicted molar refractivity (Wildman–Crippen MR) is 114 cm³/mol. The Kier molecular flexibility index (Phi) is 7.84. The van der Waals surface area contributed by atoms with Gasteiger partial charge in [-0.05, 0) is 67.4 Å². The van der Waals surface area contributed by atoms with Crippen LogP contribution in [0.1, 0.15) is 75.3 Å². The van der Waals surface area contributed by atoms with E-state index in [9.17, 15) is 22.0 Å². The highest BCUT2D eigenvalue weighted by Gasteiger charge is 2.24. The largest absolute Gasteiger partial charge is 0.409 e. The van der Waals surface area contributed by atoms with Crippen molar-refractivity contribution >= 4 is 6.08 Å². The van der Waals surface area contributed by atoms with Crippen LogP contribution in [0.3, 0.4) is 0 Å². The number of pyridine rings is 1. The fourth-order valence-corrected chi connectivity index (χ4v) is 4.35. The van der Waals surface area contributed by atoms with Crippen LogP contribution in [0.2, 0.25) is 0 Å². The maximum absolute atomic E-state index is 14.2. The van der Waals surface area contributed by atoms with Gasteiger partial charge in [-0.3, -0.25) is 4.98 Å². The zero-order valence-electron chi connectivity index (χ0n) is 17.7. The number of hydrogen-bond donors (Lipinski definition) is 0. The van der Waals surface area contributed by atoms with E-state index in [1.807, 2.05) is 6.07 Å². The van der Waals surface area contributed by atoms with Crippen molar-refractivity contribution in [1.82, 2.24) is 4.98 Å². The van der Waals surface area contributed by atoms with E-state index in [0.29, 0.717) is 17.7 Å². The molecule has 1 nitrogen and oxygen atoms in total. The van der Waals surface area contributed by atoms with Crippen LogP contribution in [0, 0.1) is 17.6 Å². The number of unbranched alkanes of at least 4 members (excludes halogenated alkanes) is 2. The average Bonchev–Trinajstić information content (AvgIpc) is 2.73. The molecule has 6 heteroatoms. The number of allylic oxidation sites excluding steroid dienone is 1. The van der Waals surface area contributed by atoms with Gasteiger partial charge in [-0.25, -0.2) is 8.78 Å². The first-order valence-electron chi connectivity index (χ1n) is 11.0. The SMILES string of the molecule is CCCCCC1CCC(c2ccc(-c3cc(F)c(C=CC(F)(F)F)c(F)c3)nc2)CC1. The van der Waals surface area contributed by atoms with E-state index >= 15 is 0 Å². The number of nitrogens with zero attached hydrogens (tertiary/aromatic N) is 1. The van der Waals surface area contributed by atoms with Crippen molar-refractivity contribution in [3.8, 4) is 11.3 Å². The molecular weight excluding hydrogens is 409 g/mol. The van der Waals surface area contributed by atoms with Gasteiger partial charge in [0.05, 0.1) is 5.69 Å². The molecule has 0 amide bonds. The molecule has 1 heterocycles. The van der Waals surface area contributed by atoms with Crippen molar-refractivity contribution in [3.05, 3.63) is 59.3 Å². The first-order valence-corrected chi connectivity index (χ1v) is 11.0. The van der Waals surface area contributed by atoms with E-state index in [4.69, 9.17) is 0 Å². The summed E-state index contributed by atoms with van der Waals surface area (Å²) in [5, 5.41) is 0. The molecule has 2 aromatic rings. The van der Waals surface area contributed by atoms with Crippen LogP contribution in [-0.2, 0) is 0 Å². The second-order valence-corrected chi connectivity index (χ2v) is 8.42. The minimum Gasteiger partial charge on any atom is -0.256 e. The molecule has 31 heavy (non-hydrogen) atoms. The van der Waals surface area contributed by atoms with Gasteiger partial charge in [-0.1, -0.05) is 38.7 Å². The molecule has 0 spiro atoms. The molecular formula is C25H28F5N. The van der Waals surface area contributed by atoms with Crippen LogP contribution in [0.4, 0.5) is 22.0 Å². The lowest BCUT2D eigenvalue weighted by Gasteiger charge is -2.28. The molecule has 1 fully saturated rings. The molecule has 0 bridgehead atoms. The van der Waals surface area contributed by atoms with Crippen LogP contribution in [0.5, 0.6) is 0 Å². The number of benzene rings is 1. The Bertz CT molecular complexity index is 855. The fraction of sp³-hybridized carbons (Fsp3) is 0.480. The third-order valence-corrected chi connectivity index (χ3v) is 6.13. The summed E-state index contributed by atoms with van der Waals surface area (Å²) < 4.78 is 65.3. The Morgan fingerprint density at radius 2 is 1.68 bits per heavy atom. The summed E-state index contributed by atoms with van der Waals surface area (Å²) in [6.07, 6.45) is 7.20. The van der Waals surface area contributed by atoms with Gasteiger partial charge in [0.15, 0.2) is 0 Å². The summed E-state index contributed by atoms with van der Waals surface area (Å²) in [5.74, 6) is -0.844. The lowest BCUT2D eigenvalue weighted by Crippen LogP contribution is -2.13. The van der Waals surface area contributed by atoms with Gasteiger partial charge >= 0.3 is 6.18 Å². The van der Waals surface area contributed by atoms with Crippen LogP contribution in [0.15, 0.2) is 36.5 Å². The van der Waals surface area contributed by atoms with Gasteiger partial charge in [0.1, 0.15) is 11.6 Å². The minimum absolute atomic E-state index is 0.181. The van der Waals surface area contributed by atoms with Crippen molar-refractivity contribution in [2.45, 2.75) is 70.4 Å². The molecule has 1 aromatic carbocycles. The van der Waals surface area contributed by atoms with Gasteiger partial charge in [0.2, 0.25) is 0 Å². The van der Waals surface area contributed by atoms with Gasteiger partial charge < -0.3 is 0 Å². The summed E-state index contributed by atoms with van der Waals surface area (Å²) in [5.41, 5.74) is 1.00. The zero-order valence-corrected chi connectivity index (χ0v) is 17.7. The maximum atomic E-state index is 14.2. The summed E-state index contributed by atoms with van der Waals surface area (Å²) in [4.78, 5) is 4.37. The Morgan fingerprint density at radius 3 is 2.23 bits per heavy atom. The maximum Gasteiger partial charge on any atom is 0.409 e. The second kappa shape index (κ2) is 10.4. The Balaban J connectivity index is 1.66. The molecule has 0 aliphatic heterocycles. The van der Waals surface area contributed by atoms with Crippen molar-refractivity contribution in [2.75, 3.05) is 0 Å². The van der Waals surface area contributed by atoms with E-state index in [-0.39, 0.29) is 11.6 Å². The van der Waals surface area contributed by atoms with Gasteiger partial charge in [-0.2, -0.15) is 13.2 Å². The molecule has 0 radical (unpaired) electrons. The Labute approximate surface area is 180 Å². The number of rotatable bonds is 7. The molecule has 3 rings (SSSR count).